The Labute approximate surface area is 204 Å². The lowest BCUT2D eigenvalue weighted by Gasteiger charge is -2.29. The maximum atomic E-state index is 12.5. The smallest absolute Gasteiger partial charge is 0.475 e. The summed E-state index contributed by atoms with van der Waals surface area (Å²) >= 11 is 0. The molecule has 4 heterocycles. The highest BCUT2D eigenvalue weighted by Crippen LogP contribution is 2.30. The van der Waals surface area contributed by atoms with Crippen molar-refractivity contribution < 1.29 is 54.8 Å². The van der Waals surface area contributed by atoms with E-state index in [0.717, 1.165) is 26.1 Å². The van der Waals surface area contributed by atoms with Crippen LogP contribution >= 0.6 is 0 Å². The molecule has 0 aliphatic carbocycles. The third-order valence-corrected chi connectivity index (χ3v) is 6.70. The van der Waals surface area contributed by atoms with Gasteiger partial charge in [-0.2, -0.15) is 26.7 Å². The zero-order valence-corrected chi connectivity index (χ0v) is 19.8. The molecule has 0 radical (unpaired) electrons. The van der Waals surface area contributed by atoms with Crippen molar-refractivity contribution in [3.8, 4) is 0 Å². The molecule has 3 amide bonds. The minimum Gasteiger partial charge on any atom is -0.475 e. The summed E-state index contributed by atoms with van der Waals surface area (Å²) in [5.74, 6) is -3.22. The van der Waals surface area contributed by atoms with Crippen LogP contribution in [0, 0.1) is 0 Å². The number of urea groups is 1. The Morgan fingerprint density at radius 1 is 1.17 bits per heavy atom. The first kappa shape index (κ1) is 28.3. The maximum Gasteiger partial charge on any atom is 0.490 e. The molecule has 4 rings (SSSR count). The van der Waals surface area contributed by atoms with Crippen molar-refractivity contribution in [1.82, 2.24) is 25.7 Å². The molecule has 4 fully saturated rings. The number of nitrogens with one attached hydrogen (secondary N) is 2. The molecule has 0 aromatic heterocycles. The van der Waals surface area contributed by atoms with E-state index in [1.165, 1.54) is 17.7 Å². The Bertz CT molecular complexity index is 932. The van der Waals surface area contributed by atoms with Gasteiger partial charge in [-0.1, -0.05) is 0 Å². The SMILES string of the molecule is O=C(NOC[C@H]1C[C@H](N2CCCC2)CN1)[C@@H]1CC[C@@H]2CN1C(=O)N2OS(=O)(=O)O.O=C(O)C(F)(F)F. The predicted octanol–water partition coefficient (Wildman–Crippen LogP) is -0.503. The number of piperidine rings is 1. The average Bonchev–Trinajstić information content (AvgIpc) is 3.51. The number of likely N-dealkylation sites (tertiary alicyclic amines) is 1. The number of hydrogen-bond donors (Lipinski definition) is 4. The van der Waals surface area contributed by atoms with Crippen molar-refractivity contribution in [2.45, 2.75) is 62.4 Å². The van der Waals surface area contributed by atoms with Crippen LogP contribution in [0.15, 0.2) is 0 Å². The summed E-state index contributed by atoms with van der Waals surface area (Å²) in [6.07, 6.45) is -0.906. The lowest BCUT2D eigenvalue weighted by atomic mass is 10.0. The molecule has 4 saturated heterocycles. The molecule has 36 heavy (non-hydrogen) atoms. The molecular formula is C18H28F3N5O9S. The van der Waals surface area contributed by atoms with E-state index in [1.807, 2.05) is 0 Å². The highest BCUT2D eigenvalue weighted by Gasteiger charge is 2.49. The molecule has 4 aliphatic heterocycles. The topological polar surface area (TPSA) is 178 Å². The Morgan fingerprint density at radius 3 is 2.39 bits per heavy atom. The maximum absolute atomic E-state index is 12.5. The van der Waals surface area contributed by atoms with Crippen molar-refractivity contribution in [1.29, 1.82) is 0 Å². The van der Waals surface area contributed by atoms with Crippen LogP contribution in [0.2, 0.25) is 0 Å². The van der Waals surface area contributed by atoms with E-state index in [9.17, 15) is 31.2 Å². The van der Waals surface area contributed by atoms with Crippen molar-refractivity contribution in [2.75, 3.05) is 32.8 Å². The quantitative estimate of drug-likeness (QED) is 0.239. The summed E-state index contributed by atoms with van der Waals surface area (Å²) in [5.41, 5.74) is 2.42. The Kier molecular flexibility index (Phi) is 8.99. The standard InChI is InChI=1S/C16H27N5O7S.C2HF3O2/c22-15(18-27-10-11-7-13(8-17-11)19-5-1-2-6-19)14-4-3-12-9-20(14)16(23)21(12)28-29(24,25)26;3-2(4,5)1(6)7/h11-14,17H,1-10H2,(H,18,22)(H,24,25,26);(H,6,7)/t11-,12-,13+,14+;/m1./s1. The van der Waals surface area contributed by atoms with Crippen LogP contribution in [-0.2, 0) is 29.1 Å². The number of nitrogens with zero attached hydrogens (tertiary/aromatic N) is 3. The van der Waals surface area contributed by atoms with Crippen LogP contribution in [0.4, 0.5) is 18.0 Å². The molecule has 4 atom stereocenters. The fourth-order valence-electron chi connectivity index (χ4n) is 4.70. The van der Waals surface area contributed by atoms with E-state index in [1.54, 1.807) is 0 Å². The van der Waals surface area contributed by atoms with E-state index in [0.29, 0.717) is 30.6 Å². The molecule has 0 spiro atoms. The first-order chi connectivity index (χ1) is 16.8. The van der Waals surface area contributed by atoms with E-state index >= 15 is 0 Å². The predicted molar refractivity (Wildman–Crippen MR) is 112 cm³/mol. The second-order valence-corrected chi connectivity index (χ2v) is 9.83. The molecule has 0 aromatic rings. The Hall–Kier alpha value is -2.25. The van der Waals surface area contributed by atoms with Gasteiger partial charge in [0, 0.05) is 25.2 Å². The van der Waals surface area contributed by atoms with E-state index in [2.05, 4.69) is 20.0 Å². The van der Waals surface area contributed by atoms with Crippen molar-refractivity contribution in [2.24, 2.45) is 0 Å². The molecule has 18 heteroatoms. The van der Waals surface area contributed by atoms with Crippen LogP contribution in [0.5, 0.6) is 0 Å². The number of rotatable bonds is 7. The first-order valence-electron chi connectivity index (χ1n) is 11.2. The minimum absolute atomic E-state index is 0.147. The van der Waals surface area contributed by atoms with Crippen LogP contribution < -0.4 is 10.8 Å². The highest BCUT2D eigenvalue weighted by molar-refractivity contribution is 7.80. The molecule has 0 aromatic carbocycles. The average molecular weight is 548 g/mol. The number of carboxylic acids is 1. The lowest BCUT2D eigenvalue weighted by Crippen LogP contribution is -2.50. The minimum atomic E-state index is -5.08. The zero-order chi connectivity index (χ0) is 26.7. The van der Waals surface area contributed by atoms with Gasteiger partial charge in [0.05, 0.1) is 12.6 Å². The number of amides is 3. The summed E-state index contributed by atoms with van der Waals surface area (Å²) in [5, 5.41) is 11.2. The number of halogens is 3. The van der Waals surface area contributed by atoms with Gasteiger partial charge in [0.15, 0.2) is 0 Å². The second-order valence-electron chi connectivity index (χ2n) is 8.83. The van der Waals surface area contributed by atoms with Gasteiger partial charge in [-0.25, -0.2) is 15.1 Å². The summed E-state index contributed by atoms with van der Waals surface area (Å²) in [7, 11) is -4.81. The summed E-state index contributed by atoms with van der Waals surface area (Å²) in [6.45, 7) is 3.67. The van der Waals surface area contributed by atoms with Gasteiger partial charge >= 0.3 is 28.6 Å². The number of carbonyl (C=O) groups is 3. The number of carbonyl (C=O) groups excluding carboxylic acids is 2. The fraction of sp³-hybridized carbons (Fsp3) is 0.833. The molecule has 0 saturated carbocycles. The molecule has 0 unspecified atom stereocenters. The van der Waals surface area contributed by atoms with E-state index < -0.39 is 46.6 Å². The molecule has 4 N–H and O–H groups in total. The summed E-state index contributed by atoms with van der Waals surface area (Å²) in [4.78, 5) is 42.8. The molecule has 14 nitrogen and oxygen atoms in total. The van der Waals surface area contributed by atoms with Crippen molar-refractivity contribution >= 4 is 28.3 Å². The van der Waals surface area contributed by atoms with Gasteiger partial charge in [0.25, 0.3) is 5.91 Å². The first-order valence-corrected chi connectivity index (χ1v) is 12.6. The lowest BCUT2D eigenvalue weighted by molar-refractivity contribution is -0.192. The highest BCUT2D eigenvalue weighted by atomic mass is 32.3. The number of hydrogen-bond acceptors (Lipinski definition) is 9. The third-order valence-electron chi connectivity index (χ3n) is 6.36. The Morgan fingerprint density at radius 2 is 1.81 bits per heavy atom. The van der Waals surface area contributed by atoms with Gasteiger partial charge in [0.1, 0.15) is 6.04 Å². The van der Waals surface area contributed by atoms with Crippen LogP contribution in [0.25, 0.3) is 0 Å². The molecular weight excluding hydrogens is 519 g/mol. The van der Waals surface area contributed by atoms with Gasteiger partial charge in [-0.3, -0.25) is 19.1 Å². The van der Waals surface area contributed by atoms with Crippen LogP contribution in [-0.4, -0.2) is 114 Å². The van der Waals surface area contributed by atoms with Crippen molar-refractivity contribution in [3.63, 3.8) is 0 Å². The van der Waals surface area contributed by atoms with Gasteiger partial charge < -0.3 is 15.3 Å². The third kappa shape index (κ3) is 7.39. The number of fused-ring (bicyclic) bond motifs is 2. The van der Waals surface area contributed by atoms with E-state index in [-0.39, 0.29) is 12.6 Å². The number of carboxylic acid groups (broad SMARTS) is 1. The largest absolute Gasteiger partial charge is 0.490 e. The summed E-state index contributed by atoms with van der Waals surface area (Å²) in [6, 6.07) is -1.41. The number of hydroxylamine groups is 3. The second kappa shape index (κ2) is 11.4. The monoisotopic (exact) mass is 547 g/mol. The molecule has 206 valence electrons. The van der Waals surface area contributed by atoms with Crippen LogP contribution in [0.1, 0.15) is 32.1 Å². The van der Waals surface area contributed by atoms with Crippen molar-refractivity contribution in [3.05, 3.63) is 0 Å². The number of aliphatic carboxylic acids is 1. The summed E-state index contributed by atoms with van der Waals surface area (Å²) < 4.78 is 66.8. The normalized spacial score (nSPS) is 28.7. The fourth-order valence-corrected chi connectivity index (χ4v) is 5.08. The molecule has 2 bridgehead atoms. The van der Waals surface area contributed by atoms with Gasteiger partial charge in [-0.05, 0) is 45.2 Å². The molecule has 4 aliphatic rings. The van der Waals surface area contributed by atoms with Crippen LogP contribution in [0.3, 0.4) is 0 Å². The number of alkyl halides is 3. The van der Waals surface area contributed by atoms with Gasteiger partial charge in [0.2, 0.25) is 0 Å². The Balaban J connectivity index is 0.000000454. The van der Waals surface area contributed by atoms with E-state index in [4.69, 9.17) is 19.3 Å². The van der Waals surface area contributed by atoms with Gasteiger partial charge in [-0.15, -0.1) is 4.28 Å². The zero-order valence-electron chi connectivity index (χ0n) is 19.0.